The highest BCUT2D eigenvalue weighted by Crippen LogP contribution is 2.40. The fraction of sp³-hybridized carbons (Fsp3) is 0.333. The Kier molecular flexibility index (Phi) is 8.97. The predicted octanol–water partition coefficient (Wildman–Crippen LogP) is 3.57. The summed E-state index contributed by atoms with van der Waals surface area (Å²) in [6.45, 7) is 1.74. The van der Waals surface area contributed by atoms with Crippen LogP contribution >= 0.6 is 0 Å². The SMILES string of the molecule is CCOC(=O)C(=Cc1cc(OC)c(OC)c(OC)c1)C(=O)c1cc(OC)c(OC)c(OC)c1. The molecule has 0 saturated carbocycles. The van der Waals surface area contributed by atoms with Crippen molar-refractivity contribution in [2.45, 2.75) is 6.92 Å². The van der Waals surface area contributed by atoms with Gasteiger partial charge >= 0.3 is 5.97 Å². The highest BCUT2D eigenvalue weighted by molar-refractivity contribution is 6.27. The first kappa shape index (κ1) is 25.4. The Hall–Kier alpha value is -3.88. The molecule has 0 bridgehead atoms. The van der Waals surface area contributed by atoms with Gasteiger partial charge in [-0.2, -0.15) is 0 Å². The van der Waals surface area contributed by atoms with E-state index in [2.05, 4.69) is 0 Å². The van der Waals surface area contributed by atoms with Gasteiger partial charge in [0.1, 0.15) is 5.57 Å². The summed E-state index contributed by atoms with van der Waals surface area (Å²) >= 11 is 0. The lowest BCUT2D eigenvalue weighted by molar-refractivity contribution is -0.137. The second-order valence-electron chi connectivity index (χ2n) is 6.48. The molecule has 2 aromatic carbocycles. The van der Waals surface area contributed by atoms with Crippen LogP contribution in [0.25, 0.3) is 6.08 Å². The van der Waals surface area contributed by atoms with Crippen molar-refractivity contribution in [3.63, 3.8) is 0 Å². The molecule has 9 heteroatoms. The molecule has 2 aromatic rings. The Morgan fingerprint density at radius 2 is 1.12 bits per heavy atom. The summed E-state index contributed by atoms with van der Waals surface area (Å²) in [7, 11) is 8.74. The minimum Gasteiger partial charge on any atom is -0.493 e. The molecule has 2 rings (SSSR count). The molecule has 9 nitrogen and oxygen atoms in total. The van der Waals surface area contributed by atoms with Gasteiger partial charge in [-0.25, -0.2) is 4.79 Å². The predicted molar refractivity (Wildman–Crippen MR) is 121 cm³/mol. The fourth-order valence-corrected chi connectivity index (χ4v) is 3.15. The third kappa shape index (κ3) is 5.49. The molecule has 0 fully saturated rings. The normalized spacial score (nSPS) is 10.8. The second kappa shape index (κ2) is 11.7. The number of Topliss-reactive ketones (excluding diaryl/α,β-unsaturated/α-hetero) is 1. The number of benzene rings is 2. The van der Waals surface area contributed by atoms with Crippen molar-refractivity contribution in [2.24, 2.45) is 0 Å². The topological polar surface area (TPSA) is 98.8 Å². The van der Waals surface area contributed by atoms with E-state index in [4.69, 9.17) is 33.2 Å². The van der Waals surface area contributed by atoms with Crippen LogP contribution in [0.3, 0.4) is 0 Å². The number of carbonyl (C=O) groups excluding carboxylic acids is 2. The number of ether oxygens (including phenoxy) is 7. The molecule has 178 valence electrons. The third-order valence-electron chi connectivity index (χ3n) is 4.66. The van der Waals surface area contributed by atoms with Crippen LogP contribution in [0.15, 0.2) is 29.8 Å². The lowest BCUT2D eigenvalue weighted by Gasteiger charge is -2.15. The van der Waals surface area contributed by atoms with Crippen LogP contribution in [-0.2, 0) is 9.53 Å². The minimum absolute atomic E-state index is 0.0912. The highest BCUT2D eigenvalue weighted by atomic mass is 16.5. The Morgan fingerprint density at radius 1 is 0.697 bits per heavy atom. The molecule has 0 atom stereocenters. The van der Waals surface area contributed by atoms with Crippen molar-refractivity contribution in [1.82, 2.24) is 0 Å². The average Bonchev–Trinajstić information content (AvgIpc) is 2.84. The van der Waals surface area contributed by atoms with Gasteiger partial charge in [-0.05, 0) is 42.8 Å². The molecule has 0 aromatic heterocycles. The van der Waals surface area contributed by atoms with E-state index >= 15 is 0 Å². The van der Waals surface area contributed by atoms with Crippen molar-refractivity contribution in [3.8, 4) is 34.5 Å². The summed E-state index contributed by atoms with van der Waals surface area (Å²) in [6, 6.07) is 6.16. The van der Waals surface area contributed by atoms with E-state index in [1.165, 1.54) is 60.9 Å². The number of rotatable bonds is 11. The first-order chi connectivity index (χ1) is 15.9. The van der Waals surface area contributed by atoms with Crippen molar-refractivity contribution in [1.29, 1.82) is 0 Å². The van der Waals surface area contributed by atoms with E-state index in [1.807, 2.05) is 0 Å². The smallest absolute Gasteiger partial charge is 0.342 e. The molecule has 0 heterocycles. The second-order valence-corrected chi connectivity index (χ2v) is 6.48. The Morgan fingerprint density at radius 3 is 1.48 bits per heavy atom. The van der Waals surface area contributed by atoms with Gasteiger partial charge < -0.3 is 33.2 Å². The maximum Gasteiger partial charge on any atom is 0.342 e. The van der Waals surface area contributed by atoms with Crippen LogP contribution in [-0.4, -0.2) is 61.0 Å². The molecule has 0 spiro atoms. The van der Waals surface area contributed by atoms with E-state index in [9.17, 15) is 9.59 Å². The van der Waals surface area contributed by atoms with Gasteiger partial charge in [0.15, 0.2) is 23.0 Å². The standard InChI is InChI=1S/C24H28O9/c1-8-33-24(26)16(9-14-10-17(27-2)22(31-6)18(11-14)28-3)21(25)15-12-19(29-4)23(32-7)20(13-15)30-5/h9-13H,8H2,1-7H3. The van der Waals surface area contributed by atoms with Crippen LogP contribution in [0.4, 0.5) is 0 Å². The molecule has 0 unspecified atom stereocenters. The Bertz CT molecular complexity index is 990. The maximum atomic E-state index is 13.4. The molecule has 0 aliphatic rings. The van der Waals surface area contributed by atoms with Gasteiger partial charge in [0.25, 0.3) is 0 Å². The van der Waals surface area contributed by atoms with Crippen LogP contribution < -0.4 is 28.4 Å². The quantitative estimate of drug-likeness (QED) is 0.164. The molecular formula is C24H28O9. The summed E-state index contributed by atoms with van der Waals surface area (Å²) in [5, 5.41) is 0. The van der Waals surface area contributed by atoms with Gasteiger partial charge in [-0.1, -0.05) is 0 Å². The molecule has 0 radical (unpaired) electrons. The first-order valence-electron chi connectivity index (χ1n) is 9.92. The first-order valence-corrected chi connectivity index (χ1v) is 9.92. The summed E-state index contributed by atoms with van der Waals surface area (Å²) in [5.74, 6) is 0.602. The van der Waals surface area contributed by atoms with Crippen molar-refractivity contribution >= 4 is 17.8 Å². The fourth-order valence-electron chi connectivity index (χ4n) is 3.15. The van der Waals surface area contributed by atoms with Crippen LogP contribution in [0, 0.1) is 0 Å². The monoisotopic (exact) mass is 460 g/mol. The third-order valence-corrected chi connectivity index (χ3v) is 4.66. The summed E-state index contributed by atoms with van der Waals surface area (Å²) in [6.07, 6.45) is 1.40. The molecule has 33 heavy (non-hydrogen) atoms. The van der Waals surface area contributed by atoms with Gasteiger partial charge in [0.2, 0.25) is 17.3 Å². The van der Waals surface area contributed by atoms with Gasteiger partial charge in [-0.15, -0.1) is 0 Å². The molecule has 0 saturated heterocycles. The van der Waals surface area contributed by atoms with Gasteiger partial charge in [-0.3, -0.25) is 4.79 Å². The zero-order valence-electron chi connectivity index (χ0n) is 19.8. The van der Waals surface area contributed by atoms with Crippen molar-refractivity contribution in [3.05, 3.63) is 41.0 Å². The van der Waals surface area contributed by atoms with E-state index in [0.717, 1.165) is 0 Å². The number of methoxy groups -OCH3 is 6. The maximum absolute atomic E-state index is 13.4. The number of esters is 1. The van der Waals surface area contributed by atoms with Crippen LogP contribution in [0.1, 0.15) is 22.8 Å². The zero-order valence-corrected chi connectivity index (χ0v) is 19.8. The Labute approximate surface area is 192 Å². The van der Waals surface area contributed by atoms with Crippen molar-refractivity contribution in [2.75, 3.05) is 49.3 Å². The largest absolute Gasteiger partial charge is 0.493 e. The zero-order chi connectivity index (χ0) is 24.5. The minimum atomic E-state index is -0.787. The molecule has 0 N–H and O–H groups in total. The van der Waals surface area contributed by atoms with Gasteiger partial charge in [0.05, 0.1) is 49.3 Å². The molecule has 0 amide bonds. The average molecular weight is 460 g/mol. The summed E-state index contributed by atoms with van der Waals surface area (Å²) < 4.78 is 37.1. The van der Waals surface area contributed by atoms with Crippen LogP contribution in [0.2, 0.25) is 0 Å². The van der Waals surface area contributed by atoms with E-state index in [-0.39, 0.29) is 29.2 Å². The van der Waals surface area contributed by atoms with E-state index in [1.54, 1.807) is 19.1 Å². The van der Waals surface area contributed by atoms with E-state index < -0.39 is 11.8 Å². The summed E-state index contributed by atoms with van der Waals surface area (Å²) in [4.78, 5) is 26.2. The number of carbonyl (C=O) groups is 2. The lowest BCUT2D eigenvalue weighted by Crippen LogP contribution is -2.16. The van der Waals surface area contributed by atoms with Crippen molar-refractivity contribution < 1.29 is 42.7 Å². The highest BCUT2D eigenvalue weighted by Gasteiger charge is 2.25. The lowest BCUT2D eigenvalue weighted by atomic mass is 9.99. The molecule has 0 aliphatic carbocycles. The summed E-state index contributed by atoms with van der Waals surface area (Å²) in [5.41, 5.74) is 0.407. The number of hydrogen-bond acceptors (Lipinski definition) is 9. The van der Waals surface area contributed by atoms with Crippen LogP contribution in [0.5, 0.6) is 34.5 Å². The Balaban J connectivity index is 2.69. The number of hydrogen-bond donors (Lipinski definition) is 0. The van der Waals surface area contributed by atoms with E-state index in [0.29, 0.717) is 28.6 Å². The molecular weight excluding hydrogens is 432 g/mol. The number of ketones is 1. The molecule has 0 aliphatic heterocycles. The van der Waals surface area contributed by atoms with Gasteiger partial charge in [0, 0.05) is 5.56 Å².